The maximum atomic E-state index is 13.9. The highest BCUT2D eigenvalue weighted by molar-refractivity contribution is 5.98. The molecule has 3 heterocycles. The van der Waals surface area contributed by atoms with Crippen molar-refractivity contribution in [2.45, 2.75) is 38.0 Å². The summed E-state index contributed by atoms with van der Waals surface area (Å²) in [4.78, 5) is 35.7. The largest absolute Gasteiger partial charge is 0.493 e. The first-order valence-electron chi connectivity index (χ1n) is 14.2. The van der Waals surface area contributed by atoms with E-state index < -0.39 is 0 Å². The molecule has 8 nitrogen and oxygen atoms in total. The number of carbonyl (C=O) groups is 2. The molecule has 0 radical (unpaired) electrons. The van der Waals surface area contributed by atoms with E-state index in [0.29, 0.717) is 30.2 Å². The number of amides is 2. The second-order valence-corrected chi connectivity index (χ2v) is 10.8. The van der Waals surface area contributed by atoms with E-state index in [9.17, 15) is 9.59 Å². The second-order valence-electron chi connectivity index (χ2n) is 10.8. The molecular weight excluding hydrogens is 530 g/mol. The number of hydrogen-bond donors (Lipinski definition) is 2. The Labute approximate surface area is 244 Å². The number of aryl methyl sites for hydroxylation is 1. The average molecular weight is 566 g/mol. The molecule has 2 aromatic heterocycles. The van der Waals surface area contributed by atoms with Crippen molar-refractivity contribution in [1.29, 1.82) is 0 Å². The number of nitrogens with one attached hydrogen (secondary N) is 2. The quantitative estimate of drug-likeness (QED) is 0.226. The van der Waals surface area contributed by atoms with E-state index in [1.165, 1.54) is 10.5 Å². The van der Waals surface area contributed by atoms with Crippen LogP contribution < -0.4 is 14.2 Å². The number of nitrogens with zero attached hydrogens (tertiary/aromatic N) is 1. The number of methoxy groups -OCH3 is 3. The third-order valence-corrected chi connectivity index (χ3v) is 8.54. The fourth-order valence-electron chi connectivity index (χ4n) is 6.54. The lowest BCUT2D eigenvalue weighted by Gasteiger charge is -2.32. The molecule has 0 spiro atoms. The molecule has 0 bridgehead atoms. The van der Waals surface area contributed by atoms with Gasteiger partial charge in [0, 0.05) is 59.0 Å². The Morgan fingerprint density at radius 3 is 2.29 bits per heavy atom. The lowest BCUT2D eigenvalue weighted by Crippen LogP contribution is -2.43. The standard InChI is InChI=1S/C34H35N3O5/c1-20-33(24-10-6-8-12-28(24)36-20)21-13-14-37(31(38)17-21)32(39)18-25(26-19-35-27-11-7-5-9-23(26)27)22-15-29(40-2)34(42-4)30(16-22)41-3/h5-12,15-16,19,21,25,35-36H,13-14,17-18H2,1-4H3. The molecule has 5 aromatic rings. The number of hydrogen-bond acceptors (Lipinski definition) is 5. The van der Waals surface area contributed by atoms with Crippen LogP contribution in [0.2, 0.25) is 0 Å². The number of para-hydroxylation sites is 2. The molecule has 3 aromatic carbocycles. The number of rotatable bonds is 8. The molecule has 216 valence electrons. The molecule has 8 heteroatoms. The summed E-state index contributed by atoms with van der Waals surface area (Å²) < 4.78 is 16.8. The van der Waals surface area contributed by atoms with E-state index in [0.717, 1.165) is 45.0 Å². The number of fused-ring (bicyclic) bond motifs is 2. The van der Waals surface area contributed by atoms with Crippen LogP contribution in [0.3, 0.4) is 0 Å². The summed E-state index contributed by atoms with van der Waals surface area (Å²) >= 11 is 0. The van der Waals surface area contributed by atoms with Crippen LogP contribution in [-0.4, -0.2) is 54.6 Å². The second kappa shape index (κ2) is 11.3. The van der Waals surface area contributed by atoms with Crippen LogP contribution >= 0.6 is 0 Å². The zero-order valence-corrected chi connectivity index (χ0v) is 24.3. The number of piperidine rings is 1. The van der Waals surface area contributed by atoms with Crippen LogP contribution in [0.15, 0.2) is 66.9 Å². The molecule has 1 aliphatic rings. The minimum atomic E-state index is -0.358. The van der Waals surface area contributed by atoms with Gasteiger partial charge in [-0.05, 0) is 60.2 Å². The van der Waals surface area contributed by atoms with Crippen molar-refractivity contribution >= 4 is 33.6 Å². The monoisotopic (exact) mass is 565 g/mol. The van der Waals surface area contributed by atoms with E-state index in [1.54, 1.807) is 21.3 Å². The Kier molecular flexibility index (Phi) is 7.37. The van der Waals surface area contributed by atoms with Gasteiger partial charge >= 0.3 is 0 Å². The summed E-state index contributed by atoms with van der Waals surface area (Å²) in [6, 6.07) is 19.9. The first kappa shape index (κ1) is 27.4. The first-order valence-corrected chi connectivity index (χ1v) is 14.2. The van der Waals surface area contributed by atoms with Gasteiger partial charge in [0.05, 0.1) is 21.3 Å². The van der Waals surface area contributed by atoms with Crippen molar-refractivity contribution in [2.75, 3.05) is 27.9 Å². The lowest BCUT2D eigenvalue weighted by molar-refractivity contribution is -0.147. The van der Waals surface area contributed by atoms with Crippen molar-refractivity contribution in [3.8, 4) is 17.2 Å². The van der Waals surface area contributed by atoms with Gasteiger partial charge in [-0.15, -0.1) is 0 Å². The number of aromatic amines is 2. The number of carbonyl (C=O) groups excluding carboxylic acids is 2. The third-order valence-electron chi connectivity index (χ3n) is 8.54. The molecule has 1 aliphatic heterocycles. The summed E-state index contributed by atoms with van der Waals surface area (Å²) in [6.45, 7) is 2.44. The van der Waals surface area contributed by atoms with Gasteiger partial charge < -0.3 is 24.2 Å². The summed E-state index contributed by atoms with van der Waals surface area (Å²) in [5.41, 5.74) is 6.10. The van der Waals surface area contributed by atoms with Crippen LogP contribution in [0.25, 0.3) is 21.8 Å². The van der Waals surface area contributed by atoms with Gasteiger partial charge in [0.1, 0.15) is 0 Å². The molecular formula is C34H35N3O5. The fraction of sp³-hybridized carbons (Fsp3) is 0.294. The Bertz CT molecular complexity index is 1760. The summed E-state index contributed by atoms with van der Waals surface area (Å²) in [5, 5.41) is 2.17. The fourth-order valence-corrected chi connectivity index (χ4v) is 6.54. The predicted octanol–water partition coefficient (Wildman–Crippen LogP) is 6.44. The molecule has 0 aliphatic carbocycles. The molecule has 2 amide bonds. The topological polar surface area (TPSA) is 96.7 Å². The van der Waals surface area contributed by atoms with E-state index in [1.807, 2.05) is 54.7 Å². The van der Waals surface area contributed by atoms with Gasteiger partial charge in [-0.25, -0.2) is 0 Å². The maximum Gasteiger partial charge on any atom is 0.230 e. The van der Waals surface area contributed by atoms with Crippen molar-refractivity contribution < 1.29 is 23.8 Å². The summed E-state index contributed by atoms with van der Waals surface area (Å²) in [6.07, 6.45) is 3.08. The van der Waals surface area contributed by atoms with Gasteiger partial charge in [0.2, 0.25) is 17.6 Å². The molecule has 2 N–H and O–H groups in total. The normalized spacial score (nSPS) is 16.1. The zero-order chi connectivity index (χ0) is 29.4. The van der Waals surface area contributed by atoms with E-state index in [2.05, 4.69) is 29.0 Å². The van der Waals surface area contributed by atoms with Gasteiger partial charge in [-0.3, -0.25) is 14.5 Å². The molecule has 1 fully saturated rings. The first-order chi connectivity index (χ1) is 20.4. The van der Waals surface area contributed by atoms with Crippen molar-refractivity contribution in [1.82, 2.24) is 14.9 Å². The zero-order valence-electron chi connectivity index (χ0n) is 24.3. The Morgan fingerprint density at radius 2 is 1.62 bits per heavy atom. The van der Waals surface area contributed by atoms with Gasteiger partial charge in [0.15, 0.2) is 11.5 Å². The molecule has 2 unspecified atom stereocenters. The molecule has 6 rings (SSSR count). The number of likely N-dealkylation sites (tertiary alicyclic amines) is 1. The van der Waals surface area contributed by atoms with Crippen molar-refractivity contribution in [3.05, 3.63) is 89.2 Å². The highest BCUT2D eigenvalue weighted by atomic mass is 16.5. The third kappa shape index (κ3) is 4.76. The SMILES string of the molecule is COc1cc(C(CC(=O)N2CCC(c3c(C)[nH]c4ccccc34)CC2=O)c2c[nH]c3ccccc23)cc(OC)c1OC. The molecule has 42 heavy (non-hydrogen) atoms. The highest BCUT2D eigenvalue weighted by Gasteiger charge is 2.35. The number of imide groups is 1. The van der Waals surface area contributed by atoms with Gasteiger partial charge in [0.25, 0.3) is 0 Å². The van der Waals surface area contributed by atoms with Crippen LogP contribution in [0, 0.1) is 6.92 Å². The van der Waals surface area contributed by atoms with E-state index in [-0.39, 0.29) is 30.1 Å². The number of aromatic nitrogens is 2. The van der Waals surface area contributed by atoms with E-state index >= 15 is 0 Å². The lowest BCUT2D eigenvalue weighted by atomic mass is 9.85. The highest BCUT2D eigenvalue weighted by Crippen LogP contribution is 2.44. The van der Waals surface area contributed by atoms with Crippen LogP contribution in [-0.2, 0) is 9.59 Å². The average Bonchev–Trinajstić information content (AvgIpc) is 3.59. The summed E-state index contributed by atoms with van der Waals surface area (Å²) in [5.74, 6) is 0.880. The smallest absolute Gasteiger partial charge is 0.230 e. The van der Waals surface area contributed by atoms with Crippen molar-refractivity contribution in [2.24, 2.45) is 0 Å². The van der Waals surface area contributed by atoms with Crippen LogP contribution in [0.4, 0.5) is 0 Å². The van der Waals surface area contributed by atoms with Gasteiger partial charge in [-0.2, -0.15) is 0 Å². The van der Waals surface area contributed by atoms with E-state index in [4.69, 9.17) is 14.2 Å². The molecule has 1 saturated heterocycles. The Hall–Kier alpha value is -4.72. The Balaban J connectivity index is 1.32. The summed E-state index contributed by atoms with van der Waals surface area (Å²) in [7, 11) is 4.71. The van der Waals surface area contributed by atoms with Crippen molar-refractivity contribution in [3.63, 3.8) is 0 Å². The number of benzene rings is 3. The minimum Gasteiger partial charge on any atom is -0.493 e. The number of ether oxygens (including phenoxy) is 3. The van der Waals surface area contributed by atoms with Crippen LogP contribution in [0.1, 0.15) is 53.5 Å². The predicted molar refractivity (Wildman–Crippen MR) is 163 cm³/mol. The maximum absolute atomic E-state index is 13.9. The minimum absolute atomic E-state index is 0.0669. The number of H-pyrrole nitrogens is 2. The molecule has 2 atom stereocenters. The Morgan fingerprint density at radius 1 is 0.952 bits per heavy atom. The van der Waals surface area contributed by atoms with Crippen LogP contribution in [0.5, 0.6) is 17.2 Å². The van der Waals surface area contributed by atoms with Gasteiger partial charge in [-0.1, -0.05) is 36.4 Å². The molecule has 0 saturated carbocycles.